The van der Waals surface area contributed by atoms with Crippen LogP contribution in [0.5, 0.6) is 11.5 Å². The molecular weight excluding hydrogens is 228 g/mol. The van der Waals surface area contributed by atoms with Crippen LogP contribution in [-0.4, -0.2) is 52.3 Å². The Balaban J connectivity index is 2.20. The highest BCUT2D eigenvalue weighted by atomic mass is 16.5. The minimum atomic E-state index is 0.836. The van der Waals surface area contributed by atoms with E-state index < -0.39 is 0 Å². The highest BCUT2D eigenvalue weighted by Gasteiger charge is 2.16. The normalized spacial score (nSPS) is 17.4. The third-order valence-electron chi connectivity index (χ3n) is 3.45. The summed E-state index contributed by atoms with van der Waals surface area (Å²) in [4.78, 5) is 4.76. The predicted octanol–water partition coefficient (Wildman–Crippen LogP) is 1.85. The topological polar surface area (TPSA) is 24.9 Å². The van der Waals surface area contributed by atoms with E-state index in [1.165, 1.54) is 6.42 Å². The van der Waals surface area contributed by atoms with Crippen molar-refractivity contribution in [3.05, 3.63) is 18.2 Å². The molecule has 0 saturated carbocycles. The van der Waals surface area contributed by atoms with Crippen LogP contribution in [0.4, 0.5) is 5.69 Å². The Kier molecular flexibility index (Phi) is 4.31. The van der Waals surface area contributed by atoms with Gasteiger partial charge in [0.15, 0.2) is 0 Å². The van der Waals surface area contributed by atoms with Gasteiger partial charge in [0.05, 0.1) is 19.9 Å². The summed E-state index contributed by atoms with van der Waals surface area (Å²) in [5.41, 5.74) is 1.16. The second-order valence-electron chi connectivity index (χ2n) is 4.68. The fourth-order valence-corrected chi connectivity index (χ4v) is 2.33. The molecule has 0 spiro atoms. The van der Waals surface area contributed by atoms with E-state index in [1.807, 2.05) is 12.1 Å². The van der Waals surface area contributed by atoms with Crippen LogP contribution in [0.1, 0.15) is 6.42 Å². The van der Waals surface area contributed by atoms with Crippen LogP contribution in [-0.2, 0) is 0 Å². The van der Waals surface area contributed by atoms with Crippen LogP contribution in [0.15, 0.2) is 18.2 Å². The average Bonchev–Trinajstić information content (AvgIpc) is 2.62. The van der Waals surface area contributed by atoms with E-state index in [9.17, 15) is 0 Å². The Bertz CT molecular complexity index is 395. The smallest absolute Gasteiger partial charge is 0.145 e. The lowest BCUT2D eigenvalue weighted by Crippen LogP contribution is -2.29. The summed E-state index contributed by atoms with van der Waals surface area (Å²) in [5, 5.41) is 0. The molecule has 2 rings (SSSR count). The van der Waals surface area contributed by atoms with Crippen molar-refractivity contribution in [1.29, 1.82) is 0 Å². The van der Waals surface area contributed by atoms with Gasteiger partial charge in [-0.05, 0) is 32.1 Å². The lowest BCUT2D eigenvalue weighted by atomic mass is 10.2. The summed E-state index contributed by atoms with van der Waals surface area (Å²) in [6.45, 7) is 4.37. The van der Waals surface area contributed by atoms with Crippen molar-refractivity contribution >= 4 is 5.69 Å². The maximum atomic E-state index is 5.47. The summed E-state index contributed by atoms with van der Waals surface area (Å²) in [7, 11) is 5.56. The van der Waals surface area contributed by atoms with Gasteiger partial charge in [-0.15, -0.1) is 0 Å². The fraction of sp³-hybridized carbons (Fsp3) is 0.571. The van der Waals surface area contributed by atoms with Gasteiger partial charge in [-0.25, -0.2) is 0 Å². The first-order chi connectivity index (χ1) is 8.74. The van der Waals surface area contributed by atoms with Crippen molar-refractivity contribution in [1.82, 2.24) is 4.90 Å². The molecule has 18 heavy (non-hydrogen) atoms. The van der Waals surface area contributed by atoms with Crippen molar-refractivity contribution in [2.75, 3.05) is 52.3 Å². The average molecular weight is 250 g/mol. The van der Waals surface area contributed by atoms with Gasteiger partial charge in [-0.3, -0.25) is 0 Å². The van der Waals surface area contributed by atoms with Crippen LogP contribution in [0.3, 0.4) is 0 Å². The highest BCUT2D eigenvalue weighted by molar-refractivity contribution is 5.61. The second kappa shape index (κ2) is 5.96. The Morgan fingerprint density at radius 3 is 2.56 bits per heavy atom. The molecule has 0 unspecified atom stereocenters. The Hall–Kier alpha value is -1.42. The summed E-state index contributed by atoms with van der Waals surface area (Å²) in [6.07, 6.45) is 1.19. The van der Waals surface area contributed by atoms with E-state index in [4.69, 9.17) is 9.47 Å². The van der Waals surface area contributed by atoms with E-state index in [0.29, 0.717) is 0 Å². The standard InChI is InChI=1S/C14H22N2O2/c1-15-7-4-8-16(10-9-15)13-6-5-12(17-2)11-14(13)18-3/h5-6,11H,4,7-10H2,1-3H3. The first kappa shape index (κ1) is 13.0. The molecule has 1 aromatic rings. The summed E-state index contributed by atoms with van der Waals surface area (Å²) in [6, 6.07) is 6.03. The van der Waals surface area contributed by atoms with Crippen molar-refractivity contribution < 1.29 is 9.47 Å². The van der Waals surface area contributed by atoms with Crippen LogP contribution in [0.2, 0.25) is 0 Å². The van der Waals surface area contributed by atoms with Crippen LogP contribution >= 0.6 is 0 Å². The van der Waals surface area contributed by atoms with Crippen LogP contribution in [0, 0.1) is 0 Å². The molecule has 0 atom stereocenters. The van der Waals surface area contributed by atoms with Crippen molar-refractivity contribution in [3.63, 3.8) is 0 Å². The maximum absolute atomic E-state index is 5.47. The third-order valence-corrected chi connectivity index (χ3v) is 3.45. The molecular formula is C14H22N2O2. The molecule has 0 radical (unpaired) electrons. The number of rotatable bonds is 3. The second-order valence-corrected chi connectivity index (χ2v) is 4.68. The zero-order valence-corrected chi connectivity index (χ0v) is 11.5. The van der Waals surface area contributed by atoms with Crippen molar-refractivity contribution in [3.8, 4) is 11.5 Å². The van der Waals surface area contributed by atoms with Gasteiger partial charge in [-0.1, -0.05) is 0 Å². The lowest BCUT2D eigenvalue weighted by Gasteiger charge is -2.25. The minimum absolute atomic E-state index is 0.836. The first-order valence-corrected chi connectivity index (χ1v) is 6.40. The highest BCUT2D eigenvalue weighted by Crippen LogP contribution is 2.32. The SMILES string of the molecule is COc1ccc(N2CCCN(C)CC2)c(OC)c1. The van der Waals surface area contributed by atoms with Crippen molar-refractivity contribution in [2.24, 2.45) is 0 Å². The largest absolute Gasteiger partial charge is 0.497 e. The number of hydrogen-bond acceptors (Lipinski definition) is 4. The van der Waals surface area contributed by atoms with E-state index in [0.717, 1.165) is 43.4 Å². The molecule has 1 aliphatic rings. The third kappa shape index (κ3) is 2.88. The summed E-state index contributed by atoms with van der Waals surface area (Å²) >= 11 is 0. The number of likely N-dealkylation sites (N-methyl/N-ethyl adjacent to an activating group) is 1. The van der Waals surface area contributed by atoms with Crippen molar-refractivity contribution in [2.45, 2.75) is 6.42 Å². The quantitative estimate of drug-likeness (QED) is 0.817. The van der Waals surface area contributed by atoms with E-state index >= 15 is 0 Å². The molecule has 1 aromatic carbocycles. The van der Waals surface area contributed by atoms with Gasteiger partial charge in [-0.2, -0.15) is 0 Å². The molecule has 100 valence electrons. The molecule has 1 saturated heterocycles. The van der Waals surface area contributed by atoms with Crippen LogP contribution < -0.4 is 14.4 Å². The minimum Gasteiger partial charge on any atom is -0.497 e. The van der Waals surface area contributed by atoms with Gasteiger partial charge >= 0.3 is 0 Å². The zero-order chi connectivity index (χ0) is 13.0. The summed E-state index contributed by atoms with van der Waals surface area (Å²) in [5.74, 6) is 1.72. The number of methoxy groups -OCH3 is 2. The van der Waals surface area contributed by atoms with Gasteiger partial charge in [0.2, 0.25) is 0 Å². The Morgan fingerprint density at radius 2 is 1.83 bits per heavy atom. The van der Waals surface area contributed by atoms with Gasteiger partial charge in [0, 0.05) is 25.7 Å². The Morgan fingerprint density at radius 1 is 1.00 bits per heavy atom. The fourth-order valence-electron chi connectivity index (χ4n) is 2.33. The van der Waals surface area contributed by atoms with Gasteiger partial charge in [0.1, 0.15) is 11.5 Å². The number of nitrogens with zero attached hydrogens (tertiary/aromatic N) is 2. The number of hydrogen-bond donors (Lipinski definition) is 0. The predicted molar refractivity (Wildman–Crippen MR) is 73.9 cm³/mol. The van der Waals surface area contributed by atoms with E-state index in [1.54, 1.807) is 14.2 Å². The Labute approximate surface area is 109 Å². The summed E-state index contributed by atoms with van der Waals surface area (Å²) < 4.78 is 10.7. The molecule has 4 nitrogen and oxygen atoms in total. The molecule has 1 fully saturated rings. The monoisotopic (exact) mass is 250 g/mol. The molecule has 0 bridgehead atoms. The maximum Gasteiger partial charge on any atom is 0.145 e. The van der Waals surface area contributed by atoms with Crippen LogP contribution in [0.25, 0.3) is 0 Å². The number of benzene rings is 1. The molecule has 0 amide bonds. The molecule has 0 N–H and O–H groups in total. The lowest BCUT2D eigenvalue weighted by molar-refractivity contribution is 0.359. The van der Waals surface area contributed by atoms with Gasteiger partial charge in [0.25, 0.3) is 0 Å². The van der Waals surface area contributed by atoms with Gasteiger partial charge < -0.3 is 19.3 Å². The number of ether oxygens (including phenoxy) is 2. The molecule has 1 heterocycles. The zero-order valence-electron chi connectivity index (χ0n) is 11.5. The van der Waals surface area contributed by atoms with E-state index in [-0.39, 0.29) is 0 Å². The number of anilines is 1. The first-order valence-electron chi connectivity index (χ1n) is 6.40. The molecule has 4 heteroatoms. The molecule has 0 aromatic heterocycles. The molecule has 0 aliphatic carbocycles. The molecule has 1 aliphatic heterocycles. The van der Waals surface area contributed by atoms with E-state index in [2.05, 4.69) is 22.9 Å².